The number of aromatic nitrogens is 2. The van der Waals surface area contributed by atoms with Crippen LogP contribution in [-0.2, 0) is 21.6 Å². The maximum Gasteiger partial charge on any atom is 0.332 e. The third-order valence-electron chi connectivity index (χ3n) is 3.28. The van der Waals surface area contributed by atoms with Crippen molar-refractivity contribution in [2.45, 2.75) is 19.0 Å². The minimum Gasteiger partial charge on any atom is -0.467 e. The van der Waals surface area contributed by atoms with Crippen molar-refractivity contribution in [2.75, 3.05) is 7.11 Å². The van der Waals surface area contributed by atoms with Crippen molar-refractivity contribution in [1.29, 1.82) is 0 Å². The number of benzene rings is 1. The Morgan fingerprint density at radius 3 is 2.60 bits per heavy atom. The summed E-state index contributed by atoms with van der Waals surface area (Å²) in [6, 6.07) is 9.08. The lowest BCUT2D eigenvalue weighted by Gasteiger charge is -2.27. The normalized spacial score (nSPS) is 13.8. The zero-order chi connectivity index (χ0) is 14.8. The molecule has 0 aliphatic carbocycles. The standard InChI is InChI=1S/C14H16ClN3O2/c1-10-12(15)8-17-18(10)9-14(16,13(19)20-2)11-6-4-3-5-7-11/h3-8H,9,16H2,1-2H3. The zero-order valence-corrected chi connectivity index (χ0v) is 12.1. The summed E-state index contributed by atoms with van der Waals surface area (Å²) in [6.07, 6.45) is 1.53. The lowest BCUT2D eigenvalue weighted by Crippen LogP contribution is -2.49. The summed E-state index contributed by atoms with van der Waals surface area (Å²) in [4.78, 5) is 12.1. The molecule has 0 aliphatic heterocycles. The summed E-state index contributed by atoms with van der Waals surface area (Å²) in [6.45, 7) is 1.97. The van der Waals surface area contributed by atoms with Crippen LogP contribution in [0.15, 0.2) is 36.5 Å². The summed E-state index contributed by atoms with van der Waals surface area (Å²) in [5.41, 5.74) is 6.41. The van der Waals surface area contributed by atoms with Crippen LogP contribution in [0.4, 0.5) is 0 Å². The Morgan fingerprint density at radius 1 is 1.45 bits per heavy atom. The van der Waals surface area contributed by atoms with Crippen LogP contribution >= 0.6 is 11.6 Å². The van der Waals surface area contributed by atoms with E-state index < -0.39 is 11.5 Å². The van der Waals surface area contributed by atoms with Gasteiger partial charge in [-0.05, 0) is 12.5 Å². The zero-order valence-electron chi connectivity index (χ0n) is 11.3. The minimum atomic E-state index is -1.31. The number of rotatable bonds is 4. The molecule has 5 nitrogen and oxygen atoms in total. The Kier molecular flexibility index (Phi) is 4.11. The number of halogens is 1. The van der Waals surface area contributed by atoms with Gasteiger partial charge in [-0.3, -0.25) is 4.68 Å². The molecule has 0 aliphatic rings. The third kappa shape index (κ3) is 2.55. The highest BCUT2D eigenvalue weighted by Crippen LogP contribution is 2.24. The highest BCUT2D eigenvalue weighted by Gasteiger charge is 2.38. The summed E-state index contributed by atoms with van der Waals surface area (Å²) < 4.78 is 6.45. The fourth-order valence-corrected chi connectivity index (χ4v) is 2.15. The second-order valence-electron chi connectivity index (χ2n) is 4.56. The largest absolute Gasteiger partial charge is 0.467 e. The van der Waals surface area contributed by atoms with Gasteiger partial charge in [0, 0.05) is 0 Å². The quantitative estimate of drug-likeness (QED) is 0.874. The van der Waals surface area contributed by atoms with Gasteiger partial charge in [0.25, 0.3) is 0 Å². The van der Waals surface area contributed by atoms with Gasteiger partial charge >= 0.3 is 5.97 Å². The van der Waals surface area contributed by atoms with Crippen molar-refractivity contribution < 1.29 is 9.53 Å². The highest BCUT2D eigenvalue weighted by molar-refractivity contribution is 6.31. The van der Waals surface area contributed by atoms with Crippen LogP contribution < -0.4 is 5.73 Å². The predicted molar refractivity (Wildman–Crippen MR) is 76.3 cm³/mol. The highest BCUT2D eigenvalue weighted by atomic mass is 35.5. The smallest absolute Gasteiger partial charge is 0.332 e. The molecule has 2 rings (SSSR count). The fraction of sp³-hybridized carbons (Fsp3) is 0.286. The number of ether oxygens (including phenoxy) is 1. The minimum absolute atomic E-state index is 0.155. The lowest BCUT2D eigenvalue weighted by atomic mass is 9.91. The van der Waals surface area contributed by atoms with Gasteiger partial charge < -0.3 is 10.5 Å². The van der Waals surface area contributed by atoms with E-state index in [1.54, 1.807) is 16.8 Å². The Labute approximate surface area is 122 Å². The SMILES string of the molecule is COC(=O)C(N)(Cn1ncc(Cl)c1C)c1ccccc1. The summed E-state index contributed by atoms with van der Waals surface area (Å²) in [5, 5.41) is 4.67. The number of hydrogen-bond acceptors (Lipinski definition) is 4. The average Bonchev–Trinajstić information content (AvgIpc) is 2.79. The van der Waals surface area contributed by atoms with Crippen LogP contribution in [0.3, 0.4) is 0 Å². The fourth-order valence-electron chi connectivity index (χ4n) is 2.01. The van der Waals surface area contributed by atoms with Crippen LogP contribution in [0.25, 0.3) is 0 Å². The molecule has 1 aromatic carbocycles. The predicted octanol–water partition coefficient (Wildman–Crippen LogP) is 1.87. The molecule has 6 heteroatoms. The molecule has 106 valence electrons. The first kappa shape index (κ1) is 14.6. The van der Waals surface area contributed by atoms with Crippen molar-refractivity contribution in [3.05, 3.63) is 52.8 Å². The number of nitrogens with zero attached hydrogens (tertiary/aromatic N) is 2. The van der Waals surface area contributed by atoms with E-state index in [1.165, 1.54) is 13.3 Å². The van der Waals surface area contributed by atoms with Gasteiger partial charge in [0.2, 0.25) is 0 Å². The molecule has 0 amide bonds. The van der Waals surface area contributed by atoms with E-state index >= 15 is 0 Å². The molecule has 1 heterocycles. The maximum absolute atomic E-state index is 12.1. The molecule has 1 unspecified atom stereocenters. The van der Waals surface area contributed by atoms with E-state index in [1.807, 2.05) is 25.1 Å². The number of nitrogens with two attached hydrogens (primary N) is 1. The molecule has 1 aromatic heterocycles. The van der Waals surface area contributed by atoms with E-state index in [0.29, 0.717) is 10.6 Å². The number of esters is 1. The van der Waals surface area contributed by atoms with Crippen LogP contribution in [0, 0.1) is 6.92 Å². The summed E-state index contributed by atoms with van der Waals surface area (Å²) >= 11 is 5.98. The van der Waals surface area contributed by atoms with Crippen molar-refractivity contribution >= 4 is 17.6 Å². The van der Waals surface area contributed by atoms with E-state index in [-0.39, 0.29) is 6.54 Å². The van der Waals surface area contributed by atoms with Crippen molar-refractivity contribution in [3.8, 4) is 0 Å². The van der Waals surface area contributed by atoms with Crippen LogP contribution in [0.2, 0.25) is 5.02 Å². The molecule has 0 saturated heterocycles. The van der Waals surface area contributed by atoms with Crippen molar-refractivity contribution in [2.24, 2.45) is 5.73 Å². The Balaban J connectivity index is 2.43. The van der Waals surface area contributed by atoms with E-state index in [2.05, 4.69) is 5.10 Å². The maximum atomic E-state index is 12.1. The Hall–Kier alpha value is -1.85. The number of hydrogen-bond donors (Lipinski definition) is 1. The Morgan fingerprint density at radius 2 is 2.10 bits per heavy atom. The van der Waals surface area contributed by atoms with Crippen molar-refractivity contribution in [3.63, 3.8) is 0 Å². The molecular weight excluding hydrogens is 278 g/mol. The second-order valence-corrected chi connectivity index (χ2v) is 4.97. The third-order valence-corrected chi connectivity index (χ3v) is 3.65. The van der Waals surface area contributed by atoms with E-state index in [9.17, 15) is 4.79 Å². The monoisotopic (exact) mass is 293 g/mol. The van der Waals surface area contributed by atoms with Gasteiger partial charge in [-0.25, -0.2) is 4.79 Å². The van der Waals surface area contributed by atoms with Gasteiger partial charge in [-0.1, -0.05) is 41.9 Å². The molecular formula is C14H16ClN3O2. The van der Waals surface area contributed by atoms with Crippen LogP contribution in [0.1, 0.15) is 11.3 Å². The van der Waals surface area contributed by atoms with Gasteiger partial charge in [0.05, 0.1) is 30.6 Å². The molecule has 20 heavy (non-hydrogen) atoms. The Bertz CT molecular complexity index is 612. The van der Waals surface area contributed by atoms with Gasteiger partial charge in [-0.2, -0.15) is 5.10 Å². The molecule has 1 atom stereocenters. The topological polar surface area (TPSA) is 70.1 Å². The molecule has 0 spiro atoms. The summed E-state index contributed by atoms with van der Waals surface area (Å²) in [5.74, 6) is -0.519. The van der Waals surface area contributed by atoms with Gasteiger partial charge in [0.1, 0.15) is 0 Å². The number of methoxy groups -OCH3 is 1. The second kappa shape index (κ2) is 5.64. The molecule has 2 aromatic rings. The first-order valence-corrected chi connectivity index (χ1v) is 6.47. The van der Waals surface area contributed by atoms with Crippen LogP contribution in [-0.4, -0.2) is 22.9 Å². The molecule has 0 bridgehead atoms. The molecule has 0 radical (unpaired) electrons. The van der Waals surface area contributed by atoms with Gasteiger partial charge in [-0.15, -0.1) is 0 Å². The number of carbonyl (C=O) groups is 1. The molecule has 0 saturated carbocycles. The molecule has 2 N–H and O–H groups in total. The first-order valence-electron chi connectivity index (χ1n) is 6.10. The average molecular weight is 294 g/mol. The first-order chi connectivity index (χ1) is 9.49. The number of carbonyl (C=O) groups excluding carboxylic acids is 1. The van der Waals surface area contributed by atoms with Crippen LogP contribution in [0.5, 0.6) is 0 Å². The molecule has 0 fully saturated rings. The lowest BCUT2D eigenvalue weighted by molar-refractivity contribution is -0.148. The van der Waals surface area contributed by atoms with Gasteiger partial charge in [0.15, 0.2) is 5.54 Å². The summed E-state index contributed by atoms with van der Waals surface area (Å²) in [7, 11) is 1.32. The van der Waals surface area contributed by atoms with E-state index in [4.69, 9.17) is 22.1 Å². The van der Waals surface area contributed by atoms with Crippen molar-refractivity contribution in [1.82, 2.24) is 9.78 Å². The van der Waals surface area contributed by atoms with E-state index in [0.717, 1.165) is 5.69 Å².